The molecule has 1 aliphatic rings. The van der Waals surface area contributed by atoms with Gasteiger partial charge in [-0.3, -0.25) is 4.79 Å². The Kier molecular flexibility index (Phi) is 4.28. The zero-order chi connectivity index (χ0) is 14.7. The summed E-state index contributed by atoms with van der Waals surface area (Å²) in [6.07, 6.45) is -0.232. The molecule has 1 unspecified atom stereocenters. The van der Waals surface area contributed by atoms with Gasteiger partial charge in [-0.2, -0.15) is 0 Å². The van der Waals surface area contributed by atoms with Crippen LogP contribution < -0.4 is 0 Å². The molecule has 1 N–H and O–H groups in total. The lowest BCUT2D eigenvalue weighted by Crippen LogP contribution is -2.21. The molecule has 0 saturated carbocycles. The van der Waals surface area contributed by atoms with Crippen molar-refractivity contribution in [1.82, 2.24) is 4.98 Å². The third-order valence-electron chi connectivity index (χ3n) is 3.16. The minimum atomic E-state index is -0.858. The molecule has 1 saturated heterocycles. The number of thiazole rings is 1. The van der Waals surface area contributed by atoms with Crippen LogP contribution in [0.2, 0.25) is 0 Å². The predicted octanol–water partition coefficient (Wildman–Crippen LogP) is 2.53. The summed E-state index contributed by atoms with van der Waals surface area (Å²) in [4.78, 5) is 16.4. The number of benzene rings is 1. The van der Waals surface area contributed by atoms with Crippen molar-refractivity contribution in [3.63, 3.8) is 0 Å². The molecule has 3 rings (SSSR count). The monoisotopic (exact) mass is 305 g/mol. The third-order valence-corrected chi connectivity index (χ3v) is 4.31. The molecule has 0 radical (unpaired) electrons. The summed E-state index contributed by atoms with van der Waals surface area (Å²) in [6.45, 7) is 1.60. The second-order valence-electron chi connectivity index (χ2n) is 4.69. The van der Waals surface area contributed by atoms with Gasteiger partial charge in [0, 0.05) is 10.4 Å². The molecule has 1 fully saturated rings. The second kappa shape index (κ2) is 6.34. The van der Waals surface area contributed by atoms with Crippen LogP contribution in [0.4, 0.5) is 0 Å². The van der Waals surface area contributed by atoms with E-state index in [1.54, 1.807) is 0 Å². The van der Waals surface area contributed by atoms with Crippen LogP contribution in [0, 0.1) is 0 Å². The normalized spacial score (nSPS) is 18.6. The van der Waals surface area contributed by atoms with Crippen molar-refractivity contribution in [2.24, 2.45) is 0 Å². The van der Waals surface area contributed by atoms with Crippen LogP contribution in [0.1, 0.15) is 16.0 Å². The van der Waals surface area contributed by atoms with E-state index in [0.29, 0.717) is 19.8 Å². The van der Waals surface area contributed by atoms with Crippen molar-refractivity contribution < 1.29 is 19.4 Å². The molecule has 1 atom stereocenters. The molecule has 1 aromatic heterocycles. The summed E-state index contributed by atoms with van der Waals surface area (Å²) in [5.74, 6) is -0.858. The Balaban J connectivity index is 1.96. The molecule has 2 heterocycles. The van der Waals surface area contributed by atoms with Crippen molar-refractivity contribution in [3.05, 3.63) is 40.2 Å². The standard InChI is InChI=1S/C15H15NO4S/c17-13(18)8-12-14(10-4-2-1-3-5-10)16-15(21-12)11-9-19-6-7-20-11/h1-5,11H,6-9H2,(H,17,18). The maximum absolute atomic E-state index is 11.1. The zero-order valence-electron chi connectivity index (χ0n) is 11.3. The fourth-order valence-corrected chi connectivity index (χ4v) is 3.33. The first kappa shape index (κ1) is 14.2. The van der Waals surface area contributed by atoms with Gasteiger partial charge in [-0.05, 0) is 0 Å². The predicted molar refractivity (Wildman–Crippen MR) is 78.4 cm³/mol. The van der Waals surface area contributed by atoms with E-state index >= 15 is 0 Å². The van der Waals surface area contributed by atoms with Gasteiger partial charge >= 0.3 is 5.97 Å². The minimum Gasteiger partial charge on any atom is -0.481 e. The van der Waals surface area contributed by atoms with Gasteiger partial charge in [0.05, 0.1) is 31.9 Å². The number of carbonyl (C=O) groups is 1. The van der Waals surface area contributed by atoms with Crippen molar-refractivity contribution in [2.75, 3.05) is 19.8 Å². The molecule has 0 bridgehead atoms. The van der Waals surface area contributed by atoms with Gasteiger partial charge in [-0.25, -0.2) is 4.98 Å². The third kappa shape index (κ3) is 3.29. The van der Waals surface area contributed by atoms with Crippen LogP contribution in [-0.2, 0) is 20.7 Å². The summed E-state index contributed by atoms with van der Waals surface area (Å²) in [6, 6.07) is 9.62. The average Bonchev–Trinajstić information content (AvgIpc) is 2.92. The zero-order valence-corrected chi connectivity index (χ0v) is 12.1. The fourth-order valence-electron chi connectivity index (χ4n) is 2.22. The molecule has 21 heavy (non-hydrogen) atoms. The number of rotatable bonds is 4. The molecule has 5 nitrogen and oxygen atoms in total. The maximum Gasteiger partial charge on any atom is 0.308 e. The first-order chi connectivity index (χ1) is 10.2. The number of nitrogens with zero attached hydrogens (tertiary/aromatic N) is 1. The number of carboxylic acid groups (broad SMARTS) is 1. The van der Waals surface area contributed by atoms with Crippen LogP contribution in [0.25, 0.3) is 11.3 Å². The lowest BCUT2D eigenvalue weighted by molar-refractivity contribution is -0.136. The highest BCUT2D eigenvalue weighted by molar-refractivity contribution is 7.12. The Hall–Kier alpha value is -1.76. The molecular weight excluding hydrogens is 290 g/mol. The van der Waals surface area contributed by atoms with Crippen molar-refractivity contribution in [3.8, 4) is 11.3 Å². The lowest BCUT2D eigenvalue weighted by Gasteiger charge is -2.20. The Bertz CT molecular complexity index is 620. The Morgan fingerprint density at radius 3 is 2.81 bits per heavy atom. The van der Waals surface area contributed by atoms with Gasteiger partial charge in [-0.1, -0.05) is 30.3 Å². The van der Waals surface area contributed by atoms with Crippen molar-refractivity contribution in [2.45, 2.75) is 12.5 Å². The van der Waals surface area contributed by atoms with Crippen LogP contribution >= 0.6 is 11.3 Å². The first-order valence-corrected chi connectivity index (χ1v) is 7.52. The van der Waals surface area contributed by atoms with E-state index in [-0.39, 0.29) is 12.5 Å². The summed E-state index contributed by atoms with van der Waals surface area (Å²) in [5, 5.41) is 9.86. The SMILES string of the molecule is O=C(O)Cc1sc(C2COCCO2)nc1-c1ccccc1. The fraction of sp³-hybridized carbons (Fsp3) is 0.333. The van der Waals surface area contributed by atoms with Gasteiger partial charge < -0.3 is 14.6 Å². The summed E-state index contributed by atoms with van der Waals surface area (Å²) >= 11 is 1.39. The highest BCUT2D eigenvalue weighted by Crippen LogP contribution is 2.33. The van der Waals surface area contributed by atoms with Crippen molar-refractivity contribution in [1.29, 1.82) is 0 Å². The van der Waals surface area contributed by atoms with E-state index in [1.165, 1.54) is 11.3 Å². The second-order valence-corrected chi connectivity index (χ2v) is 5.81. The summed E-state index contributed by atoms with van der Waals surface area (Å²) in [5.41, 5.74) is 1.65. The van der Waals surface area contributed by atoms with Crippen LogP contribution in [0.15, 0.2) is 30.3 Å². The number of carboxylic acids is 1. The molecule has 110 valence electrons. The first-order valence-electron chi connectivity index (χ1n) is 6.70. The highest BCUT2D eigenvalue weighted by atomic mass is 32.1. The van der Waals surface area contributed by atoms with Gasteiger partial charge in [0.15, 0.2) is 0 Å². The van der Waals surface area contributed by atoms with E-state index < -0.39 is 5.97 Å². The smallest absolute Gasteiger partial charge is 0.308 e. The molecule has 2 aromatic rings. The van der Waals surface area contributed by atoms with Gasteiger partial charge in [-0.15, -0.1) is 11.3 Å². The number of hydrogen-bond donors (Lipinski definition) is 1. The Morgan fingerprint density at radius 2 is 2.14 bits per heavy atom. The maximum atomic E-state index is 11.1. The van der Waals surface area contributed by atoms with E-state index in [4.69, 9.17) is 14.6 Å². The molecule has 1 aliphatic heterocycles. The summed E-state index contributed by atoms with van der Waals surface area (Å²) < 4.78 is 11.0. The molecule has 0 spiro atoms. The van der Waals surface area contributed by atoms with Gasteiger partial charge in [0.25, 0.3) is 0 Å². The Morgan fingerprint density at radius 1 is 1.33 bits per heavy atom. The molecule has 0 amide bonds. The highest BCUT2D eigenvalue weighted by Gasteiger charge is 2.24. The van der Waals surface area contributed by atoms with Crippen LogP contribution in [-0.4, -0.2) is 35.9 Å². The lowest BCUT2D eigenvalue weighted by atomic mass is 10.1. The van der Waals surface area contributed by atoms with Crippen LogP contribution in [0.3, 0.4) is 0 Å². The topological polar surface area (TPSA) is 68.7 Å². The Labute approximate surface area is 126 Å². The molecule has 6 heteroatoms. The minimum absolute atomic E-state index is 0.0323. The largest absolute Gasteiger partial charge is 0.481 e. The number of aromatic nitrogens is 1. The summed E-state index contributed by atoms with van der Waals surface area (Å²) in [7, 11) is 0. The van der Waals surface area contributed by atoms with E-state index in [1.807, 2.05) is 30.3 Å². The number of hydrogen-bond acceptors (Lipinski definition) is 5. The quantitative estimate of drug-likeness (QED) is 0.940. The van der Waals surface area contributed by atoms with E-state index in [9.17, 15) is 4.79 Å². The van der Waals surface area contributed by atoms with Crippen molar-refractivity contribution >= 4 is 17.3 Å². The molecule has 1 aromatic carbocycles. The molecule has 0 aliphatic carbocycles. The number of ether oxygens (including phenoxy) is 2. The molecular formula is C15H15NO4S. The van der Waals surface area contributed by atoms with Crippen LogP contribution in [0.5, 0.6) is 0 Å². The van der Waals surface area contributed by atoms with E-state index in [2.05, 4.69) is 4.98 Å². The van der Waals surface area contributed by atoms with E-state index in [0.717, 1.165) is 21.1 Å². The number of aliphatic carboxylic acids is 1. The average molecular weight is 305 g/mol. The van der Waals surface area contributed by atoms with Gasteiger partial charge in [0.1, 0.15) is 11.1 Å². The van der Waals surface area contributed by atoms with Gasteiger partial charge in [0.2, 0.25) is 0 Å².